The van der Waals surface area contributed by atoms with E-state index in [0.717, 1.165) is 22.6 Å². The molecule has 0 fully saturated rings. The zero-order chi connectivity index (χ0) is 11.0. The van der Waals surface area contributed by atoms with Crippen LogP contribution >= 0.6 is 0 Å². The summed E-state index contributed by atoms with van der Waals surface area (Å²) in [6, 6.07) is 11.8. The van der Waals surface area contributed by atoms with Crippen molar-refractivity contribution < 1.29 is 0 Å². The van der Waals surface area contributed by atoms with E-state index >= 15 is 0 Å². The van der Waals surface area contributed by atoms with E-state index in [4.69, 9.17) is 0 Å². The molecule has 0 radical (unpaired) electrons. The molecule has 3 aromatic heterocycles. The highest BCUT2D eigenvalue weighted by atomic mass is 15.4. The Morgan fingerprint density at radius 2 is 2.00 bits per heavy atom. The molecule has 0 aliphatic heterocycles. The topological polar surface area (TPSA) is 43.1 Å². The number of pyridine rings is 2. The van der Waals surface area contributed by atoms with E-state index in [2.05, 4.69) is 15.3 Å². The first kappa shape index (κ1) is 9.03. The third kappa shape index (κ3) is 1.27. The summed E-state index contributed by atoms with van der Waals surface area (Å²) in [5, 5.41) is 8.30. The maximum absolute atomic E-state index is 4.29. The van der Waals surface area contributed by atoms with E-state index in [9.17, 15) is 0 Å². The maximum Gasteiger partial charge on any atom is 0.139 e. The average molecular weight is 210 g/mol. The third-order valence-corrected chi connectivity index (χ3v) is 2.54. The van der Waals surface area contributed by atoms with Crippen molar-refractivity contribution in [2.45, 2.75) is 6.92 Å². The molecule has 3 rings (SSSR count). The first-order chi connectivity index (χ1) is 7.86. The number of hydrogen-bond acceptors (Lipinski definition) is 3. The summed E-state index contributed by atoms with van der Waals surface area (Å²) in [4.78, 5) is 4.29. The molecule has 0 amide bonds. The Labute approximate surface area is 92.6 Å². The fourth-order valence-corrected chi connectivity index (χ4v) is 1.73. The van der Waals surface area contributed by atoms with Crippen LogP contribution in [0.1, 0.15) is 5.69 Å². The van der Waals surface area contributed by atoms with Gasteiger partial charge in [0.25, 0.3) is 0 Å². The number of aryl methyl sites for hydroxylation is 1. The Kier molecular flexibility index (Phi) is 1.93. The number of aromatic nitrogens is 4. The second-order valence-corrected chi connectivity index (χ2v) is 3.62. The van der Waals surface area contributed by atoms with Gasteiger partial charge in [0.05, 0.1) is 11.2 Å². The molecule has 0 spiro atoms. The molecule has 0 N–H and O–H groups in total. The largest absolute Gasteiger partial charge is 0.254 e. The summed E-state index contributed by atoms with van der Waals surface area (Å²) < 4.78 is 1.82. The van der Waals surface area contributed by atoms with Crippen LogP contribution in [0.4, 0.5) is 0 Å². The van der Waals surface area contributed by atoms with Crippen LogP contribution in [0.2, 0.25) is 0 Å². The lowest BCUT2D eigenvalue weighted by molar-refractivity contribution is 0.828. The lowest BCUT2D eigenvalue weighted by atomic mass is 10.2. The molecule has 0 bridgehead atoms. The van der Waals surface area contributed by atoms with Gasteiger partial charge >= 0.3 is 0 Å². The summed E-state index contributed by atoms with van der Waals surface area (Å²) in [7, 11) is 0. The highest BCUT2D eigenvalue weighted by molar-refractivity contribution is 5.73. The van der Waals surface area contributed by atoms with Crippen LogP contribution in [0.15, 0.2) is 42.6 Å². The van der Waals surface area contributed by atoms with Gasteiger partial charge in [-0.1, -0.05) is 17.3 Å². The van der Waals surface area contributed by atoms with Gasteiger partial charge in [-0.05, 0) is 31.2 Å². The van der Waals surface area contributed by atoms with Crippen molar-refractivity contribution in [3.63, 3.8) is 0 Å². The van der Waals surface area contributed by atoms with E-state index in [1.807, 2.05) is 47.8 Å². The summed E-state index contributed by atoms with van der Waals surface area (Å²) in [5.74, 6) is 0. The molecular weight excluding hydrogens is 200 g/mol. The second-order valence-electron chi connectivity index (χ2n) is 3.62. The van der Waals surface area contributed by atoms with Crippen LogP contribution in [0, 0.1) is 6.92 Å². The molecule has 0 unspecified atom stereocenters. The average Bonchev–Trinajstić information content (AvgIpc) is 2.75. The van der Waals surface area contributed by atoms with Crippen molar-refractivity contribution in [3.8, 4) is 11.4 Å². The Balaban J connectivity index is 2.30. The first-order valence-corrected chi connectivity index (χ1v) is 5.09. The van der Waals surface area contributed by atoms with Crippen LogP contribution in [0.25, 0.3) is 16.9 Å². The van der Waals surface area contributed by atoms with Crippen LogP contribution < -0.4 is 0 Å². The van der Waals surface area contributed by atoms with Crippen molar-refractivity contribution in [1.29, 1.82) is 0 Å². The molecule has 3 heterocycles. The van der Waals surface area contributed by atoms with Gasteiger partial charge in [-0.25, -0.2) is 4.52 Å². The minimum absolute atomic E-state index is 0.823. The monoisotopic (exact) mass is 210 g/mol. The maximum atomic E-state index is 4.29. The highest BCUT2D eigenvalue weighted by Crippen LogP contribution is 2.19. The Hall–Kier alpha value is -2.23. The van der Waals surface area contributed by atoms with Crippen LogP contribution in [-0.4, -0.2) is 19.8 Å². The van der Waals surface area contributed by atoms with Gasteiger partial charge in [-0.15, -0.1) is 5.10 Å². The Morgan fingerprint density at radius 3 is 2.81 bits per heavy atom. The summed E-state index contributed by atoms with van der Waals surface area (Å²) >= 11 is 0. The number of fused-ring (bicyclic) bond motifs is 1. The molecule has 0 atom stereocenters. The van der Waals surface area contributed by atoms with E-state index in [-0.39, 0.29) is 0 Å². The summed E-state index contributed by atoms with van der Waals surface area (Å²) in [6.07, 6.45) is 1.76. The molecule has 78 valence electrons. The van der Waals surface area contributed by atoms with Gasteiger partial charge in [0, 0.05) is 11.9 Å². The zero-order valence-corrected chi connectivity index (χ0v) is 8.83. The van der Waals surface area contributed by atoms with Gasteiger partial charge in [0.1, 0.15) is 5.69 Å². The van der Waals surface area contributed by atoms with Crippen molar-refractivity contribution in [2.24, 2.45) is 0 Å². The fraction of sp³-hybridized carbons (Fsp3) is 0.0833. The molecule has 0 saturated heterocycles. The second kappa shape index (κ2) is 3.41. The molecule has 4 heteroatoms. The van der Waals surface area contributed by atoms with Gasteiger partial charge in [-0.3, -0.25) is 4.98 Å². The molecule has 0 aliphatic carbocycles. The van der Waals surface area contributed by atoms with Crippen LogP contribution in [0.5, 0.6) is 0 Å². The lowest BCUT2D eigenvalue weighted by Gasteiger charge is -1.98. The Bertz CT molecular complexity index is 628. The van der Waals surface area contributed by atoms with Gasteiger partial charge in [0.15, 0.2) is 0 Å². The van der Waals surface area contributed by atoms with Crippen molar-refractivity contribution in [3.05, 3.63) is 48.3 Å². The van der Waals surface area contributed by atoms with E-state index in [1.165, 1.54) is 0 Å². The van der Waals surface area contributed by atoms with Crippen LogP contribution in [0.3, 0.4) is 0 Å². The number of nitrogens with zero attached hydrogens (tertiary/aromatic N) is 4. The zero-order valence-electron chi connectivity index (χ0n) is 8.83. The predicted molar refractivity (Wildman–Crippen MR) is 61.0 cm³/mol. The van der Waals surface area contributed by atoms with Gasteiger partial charge in [0.2, 0.25) is 0 Å². The smallest absolute Gasteiger partial charge is 0.139 e. The molecule has 3 aromatic rings. The molecule has 0 aromatic carbocycles. The van der Waals surface area contributed by atoms with Crippen molar-refractivity contribution in [1.82, 2.24) is 19.8 Å². The van der Waals surface area contributed by atoms with Crippen molar-refractivity contribution in [2.75, 3.05) is 0 Å². The predicted octanol–water partition coefficient (Wildman–Crippen LogP) is 2.10. The summed E-state index contributed by atoms with van der Waals surface area (Å²) in [6.45, 7) is 2.00. The van der Waals surface area contributed by atoms with E-state index < -0.39 is 0 Å². The standard InChI is InChI=1S/C12H10N4/c1-9-5-4-7-11-12(14-15-16(9)11)10-6-2-3-8-13-10/h2-8H,1H3. The normalized spacial score (nSPS) is 10.8. The van der Waals surface area contributed by atoms with E-state index in [1.54, 1.807) is 6.20 Å². The fourth-order valence-electron chi connectivity index (χ4n) is 1.73. The van der Waals surface area contributed by atoms with Gasteiger partial charge < -0.3 is 0 Å². The number of hydrogen-bond donors (Lipinski definition) is 0. The van der Waals surface area contributed by atoms with Crippen LogP contribution in [-0.2, 0) is 0 Å². The molecule has 4 nitrogen and oxygen atoms in total. The molecular formula is C12H10N4. The number of rotatable bonds is 1. The third-order valence-electron chi connectivity index (χ3n) is 2.54. The summed E-state index contributed by atoms with van der Waals surface area (Å²) in [5.41, 5.74) is 3.72. The Morgan fingerprint density at radius 1 is 1.06 bits per heavy atom. The lowest BCUT2D eigenvalue weighted by Crippen LogP contribution is -1.91. The van der Waals surface area contributed by atoms with Crippen molar-refractivity contribution >= 4 is 5.52 Å². The quantitative estimate of drug-likeness (QED) is 0.617. The minimum atomic E-state index is 0.823. The molecule has 16 heavy (non-hydrogen) atoms. The SMILES string of the molecule is Cc1cccc2c(-c3ccccn3)nnn12. The molecule has 0 aliphatic rings. The van der Waals surface area contributed by atoms with E-state index in [0.29, 0.717) is 0 Å². The minimum Gasteiger partial charge on any atom is -0.254 e. The highest BCUT2D eigenvalue weighted by Gasteiger charge is 2.09. The van der Waals surface area contributed by atoms with Gasteiger partial charge in [-0.2, -0.15) is 0 Å². The first-order valence-electron chi connectivity index (χ1n) is 5.09. The molecule has 0 saturated carbocycles.